The van der Waals surface area contributed by atoms with Crippen LogP contribution in [0.2, 0.25) is 0 Å². The zero-order valence-electron chi connectivity index (χ0n) is 7.83. The molecule has 0 aliphatic heterocycles. The molecule has 70 valence electrons. The number of nitrogens with zero attached hydrogens (tertiary/aromatic N) is 2. The van der Waals surface area contributed by atoms with Crippen LogP contribution in [-0.4, -0.2) is 10.5 Å². The van der Waals surface area contributed by atoms with Gasteiger partial charge in [-0.15, -0.1) is 0 Å². The zero-order valence-corrected chi connectivity index (χ0v) is 7.83. The predicted molar refractivity (Wildman–Crippen MR) is 52.6 cm³/mol. The molecule has 3 fully saturated rings. The summed E-state index contributed by atoms with van der Waals surface area (Å²) < 4.78 is 0. The molecule has 4 rings (SSSR count). The number of nitriles is 1. The average molecular weight is 185 g/mol. The second-order valence-corrected chi connectivity index (χ2v) is 4.42. The standard InChI is InChI=1S/C11H11N3/c12-6-9-7-13-2-1-10(9)14-11-3-8(4-11)5-11/h1-2,7-8H,3-5H2,(H,13,14). The second kappa shape index (κ2) is 2.48. The van der Waals surface area contributed by atoms with Crippen molar-refractivity contribution in [1.82, 2.24) is 4.98 Å². The van der Waals surface area contributed by atoms with Gasteiger partial charge in [-0.05, 0) is 31.2 Å². The maximum Gasteiger partial charge on any atom is 0.103 e. The molecule has 1 aromatic heterocycles. The molecule has 1 heterocycles. The van der Waals surface area contributed by atoms with Crippen LogP contribution in [0.3, 0.4) is 0 Å². The van der Waals surface area contributed by atoms with Gasteiger partial charge in [0.15, 0.2) is 0 Å². The van der Waals surface area contributed by atoms with Crippen molar-refractivity contribution in [1.29, 1.82) is 5.26 Å². The summed E-state index contributed by atoms with van der Waals surface area (Å²) in [5.41, 5.74) is 1.93. The maximum atomic E-state index is 8.89. The van der Waals surface area contributed by atoms with Crippen LogP contribution in [0.1, 0.15) is 24.8 Å². The van der Waals surface area contributed by atoms with Gasteiger partial charge >= 0.3 is 0 Å². The molecule has 0 aromatic carbocycles. The summed E-state index contributed by atoms with van der Waals surface area (Å²) in [6.45, 7) is 0. The molecular weight excluding hydrogens is 174 g/mol. The molecule has 14 heavy (non-hydrogen) atoms. The van der Waals surface area contributed by atoms with Crippen molar-refractivity contribution in [2.75, 3.05) is 5.32 Å². The van der Waals surface area contributed by atoms with Gasteiger partial charge in [-0.3, -0.25) is 4.98 Å². The van der Waals surface area contributed by atoms with Crippen LogP contribution in [-0.2, 0) is 0 Å². The first-order valence-electron chi connectivity index (χ1n) is 4.94. The molecule has 0 amide bonds. The van der Waals surface area contributed by atoms with Crippen molar-refractivity contribution in [2.45, 2.75) is 24.8 Å². The van der Waals surface area contributed by atoms with Gasteiger partial charge in [-0.2, -0.15) is 5.26 Å². The van der Waals surface area contributed by atoms with Gasteiger partial charge in [0.05, 0.1) is 11.3 Å². The highest BCUT2D eigenvalue weighted by molar-refractivity contribution is 5.58. The van der Waals surface area contributed by atoms with E-state index in [0.717, 1.165) is 11.6 Å². The molecule has 3 saturated carbocycles. The van der Waals surface area contributed by atoms with Gasteiger partial charge in [0.2, 0.25) is 0 Å². The number of anilines is 1. The van der Waals surface area contributed by atoms with Crippen molar-refractivity contribution in [2.24, 2.45) is 5.92 Å². The van der Waals surface area contributed by atoms with Gasteiger partial charge < -0.3 is 5.32 Å². The largest absolute Gasteiger partial charge is 0.378 e. The summed E-state index contributed by atoms with van der Waals surface area (Å²) in [6, 6.07) is 4.05. The van der Waals surface area contributed by atoms with E-state index in [2.05, 4.69) is 16.4 Å². The van der Waals surface area contributed by atoms with Gasteiger partial charge in [0, 0.05) is 17.9 Å². The second-order valence-electron chi connectivity index (χ2n) is 4.42. The van der Waals surface area contributed by atoms with E-state index in [9.17, 15) is 0 Å². The van der Waals surface area contributed by atoms with E-state index in [1.807, 2.05) is 6.07 Å². The minimum atomic E-state index is 0.331. The normalized spacial score (nSPS) is 32.4. The molecule has 1 aromatic rings. The fourth-order valence-electron chi connectivity index (χ4n) is 2.51. The third kappa shape index (κ3) is 0.941. The lowest BCUT2D eigenvalue weighted by Gasteiger charge is -2.62. The fourth-order valence-corrected chi connectivity index (χ4v) is 2.51. The lowest BCUT2D eigenvalue weighted by Crippen LogP contribution is -2.63. The van der Waals surface area contributed by atoms with E-state index >= 15 is 0 Å². The van der Waals surface area contributed by atoms with Crippen LogP contribution in [0.25, 0.3) is 0 Å². The van der Waals surface area contributed by atoms with Gasteiger partial charge in [-0.25, -0.2) is 0 Å². The topological polar surface area (TPSA) is 48.7 Å². The first-order chi connectivity index (χ1) is 6.81. The summed E-state index contributed by atoms with van der Waals surface area (Å²) >= 11 is 0. The Labute approximate surface area is 82.8 Å². The SMILES string of the molecule is N#Cc1cnccc1NC12CC(C1)C2. The van der Waals surface area contributed by atoms with Crippen molar-refractivity contribution >= 4 is 5.69 Å². The molecule has 3 nitrogen and oxygen atoms in total. The van der Waals surface area contributed by atoms with Crippen LogP contribution in [0.5, 0.6) is 0 Å². The molecular formula is C11H11N3. The number of rotatable bonds is 2. The Kier molecular flexibility index (Phi) is 1.38. The van der Waals surface area contributed by atoms with Crippen LogP contribution >= 0.6 is 0 Å². The Morgan fingerprint density at radius 3 is 2.86 bits per heavy atom. The minimum Gasteiger partial charge on any atom is -0.378 e. The summed E-state index contributed by atoms with van der Waals surface area (Å²) in [7, 11) is 0. The van der Waals surface area contributed by atoms with Crippen molar-refractivity contribution in [3.63, 3.8) is 0 Å². The van der Waals surface area contributed by atoms with E-state index in [1.54, 1.807) is 12.4 Å². The molecule has 3 heteroatoms. The Morgan fingerprint density at radius 2 is 2.29 bits per heavy atom. The first-order valence-corrected chi connectivity index (χ1v) is 4.94. The predicted octanol–water partition coefficient (Wildman–Crippen LogP) is 1.92. The highest BCUT2D eigenvalue weighted by atomic mass is 15.1. The van der Waals surface area contributed by atoms with E-state index in [-0.39, 0.29) is 0 Å². The average Bonchev–Trinajstić information content (AvgIpc) is 2.10. The van der Waals surface area contributed by atoms with Crippen molar-refractivity contribution < 1.29 is 0 Å². The zero-order chi connectivity index (χ0) is 9.60. The Balaban J connectivity index is 1.86. The number of hydrogen-bond acceptors (Lipinski definition) is 3. The van der Waals surface area contributed by atoms with Crippen LogP contribution in [0, 0.1) is 17.2 Å². The molecule has 1 N–H and O–H groups in total. The van der Waals surface area contributed by atoms with Crippen LogP contribution in [0.4, 0.5) is 5.69 Å². The lowest BCUT2D eigenvalue weighted by molar-refractivity contribution is 0.00211. The molecule has 0 saturated heterocycles. The maximum absolute atomic E-state index is 8.89. The molecule has 0 atom stereocenters. The van der Waals surface area contributed by atoms with Gasteiger partial charge in [0.25, 0.3) is 0 Å². The van der Waals surface area contributed by atoms with E-state index in [4.69, 9.17) is 5.26 Å². The third-order valence-electron chi connectivity index (χ3n) is 3.38. The summed E-state index contributed by atoms with van der Waals surface area (Å²) in [6.07, 6.45) is 7.18. The van der Waals surface area contributed by atoms with Crippen LogP contribution < -0.4 is 5.32 Å². The Morgan fingerprint density at radius 1 is 1.50 bits per heavy atom. The van der Waals surface area contributed by atoms with Crippen molar-refractivity contribution in [3.8, 4) is 6.07 Å². The number of aromatic nitrogens is 1. The fraction of sp³-hybridized carbons (Fsp3) is 0.455. The lowest BCUT2D eigenvalue weighted by atomic mass is 9.50. The summed E-state index contributed by atoms with van der Waals surface area (Å²) in [5.74, 6) is 0.954. The highest BCUT2D eigenvalue weighted by Crippen LogP contribution is 2.58. The molecule has 3 aliphatic carbocycles. The number of hydrogen-bond donors (Lipinski definition) is 1. The highest BCUT2D eigenvalue weighted by Gasteiger charge is 2.56. The Hall–Kier alpha value is -1.56. The van der Waals surface area contributed by atoms with E-state index < -0.39 is 0 Å². The van der Waals surface area contributed by atoms with E-state index in [1.165, 1.54) is 19.3 Å². The van der Waals surface area contributed by atoms with E-state index in [0.29, 0.717) is 11.1 Å². The van der Waals surface area contributed by atoms with Gasteiger partial charge in [-0.1, -0.05) is 0 Å². The van der Waals surface area contributed by atoms with Crippen LogP contribution in [0.15, 0.2) is 18.5 Å². The molecule has 2 bridgehead atoms. The number of nitrogens with one attached hydrogen (secondary N) is 1. The smallest absolute Gasteiger partial charge is 0.103 e. The molecule has 0 radical (unpaired) electrons. The van der Waals surface area contributed by atoms with Gasteiger partial charge in [0.1, 0.15) is 6.07 Å². The molecule has 3 aliphatic rings. The third-order valence-corrected chi connectivity index (χ3v) is 3.38. The Bertz CT molecular complexity index is 402. The number of pyridine rings is 1. The molecule has 0 spiro atoms. The summed E-state index contributed by atoms with van der Waals surface area (Å²) in [5, 5.41) is 12.4. The monoisotopic (exact) mass is 185 g/mol. The summed E-state index contributed by atoms with van der Waals surface area (Å²) in [4.78, 5) is 3.94. The van der Waals surface area contributed by atoms with Crippen molar-refractivity contribution in [3.05, 3.63) is 24.0 Å². The first kappa shape index (κ1) is 7.81. The quantitative estimate of drug-likeness (QED) is 0.765. The minimum absolute atomic E-state index is 0.331. The molecule has 0 unspecified atom stereocenters.